The van der Waals surface area contributed by atoms with Crippen LogP contribution in [0, 0.1) is 0 Å². The SMILES string of the molecule is CN(C)C(=O)c1ccc(NCCc2ncn[nH]2)nc1. The van der Waals surface area contributed by atoms with E-state index in [1.807, 2.05) is 0 Å². The summed E-state index contributed by atoms with van der Waals surface area (Å²) >= 11 is 0. The highest BCUT2D eigenvalue weighted by atomic mass is 16.2. The lowest BCUT2D eigenvalue weighted by Crippen LogP contribution is -2.21. The van der Waals surface area contributed by atoms with E-state index in [0.717, 1.165) is 18.1 Å². The summed E-state index contributed by atoms with van der Waals surface area (Å²) < 4.78 is 0. The van der Waals surface area contributed by atoms with E-state index < -0.39 is 0 Å². The number of hydrogen-bond acceptors (Lipinski definition) is 5. The maximum atomic E-state index is 11.7. The minimum Gasteiger partial charge on any atom is -0.370 e. The van der Waals surface area contributed by atoms with Gasteiger partial charge in [0, 0.05) is 33.3 Å². The average molecular weight is 260 g/mol. The maximum Gasteiger partial charge on any atom is 0.254 e. The second-order valence-corrected chi connectivity index (χ2v) is 4.24. The van der Waals surface area contributed by atoms with E-state index in [0.29, 0.717) is 12.1 Å². The Labute approximate surface area is 111 Å². The highest BCUT2D eigenvalue weighted by molar-refractivity contribution is 5.93. The third kappa shape index (κ3) is 3.51. The largest absolute Gasteiger partial charge is 0.370 e. The maximum absolute atomic E-state index is 11.7. The average Bonchev–Trinajstić information content (AvgIpc) is 2.92. The molecule has 0 fully saturated rings. The van der Waals surface area contributed by atoms with E-state index in [4.69, 9.17) is 0 Å². The summed E-state index contributed by atoms with van der Waals surface area (Å²) in [6.45, 7) is 0.698. The molecule has 0 aliphatic heterocycles. The lowest BCUT2D eigenvalue weighted by molar-refractivity contribution is 0.0827. The van der Waals surface area contributed by atoms with Gasteiger partial charge in [-0.3, -0.25) is 9.89 Å². The minimum atomic E-state index is -0.0549. The van der Waals surface area contributed by atoms with Crippen molar-refractivity contribution in [2.45, 2.75) is 6.42 Å². The Morgan fingerprint density at radius 1 is 1.37 bits per heavy atom. The predicted molar refractivity (Wildman–Crippen MR) is 70.8 cm³/mol. The number of anilines is 1. The van der Waals surface area contributed by atoms with Crippen molar-refractivity contribution in [2.75, 3.05) is 26.0 Å². The molecule has 2 rings (SSSR count). The Hall–Kier alpha value is -2.44. The molecule has 0 spiro atoms. The Morgan fingerprint density at radius 3 is 2.79 bits per heavy atom. The fourth-order valence-electron chi connectivity index (χ4n) is 1.54. The molecule has 0 atom stereocenters. The molecular weight excluding hydrogens is 244 g/mol. The van der Waals surface area contributed by atoms with Gasteiger partial charge in [0.2, 0.25) is 0 Å². The van der Waals surface area contributed by atoms with Crippen LogP contribution in [0.1, 0.15) is 16.2 Å². The fraction of sp³-hybridized carbons (Fsp3) is 0.333. The quantitative estimate of drug-likeness (QED) is 0.820. The lowest BCUT2D eigenvalue weighted by Gasteiger charge is -2.10. The van der Waals surface area contributed by atoms with E-state index >= 15 is 0 Å². The van der Waals surface area contributed by atoms with Gasteiger partial charge in [0.05, 0.1) is 5.56 Å². The summed E-state index contributed by atoms with van der Waals surface area (Å²) in [4.78, 5) is 21.4. The normalized spacial score (nSPS) is 10.2. The van der Waals surface area contributed by atoms with Gasteiger partial charge in [-0.25, -0.2) is 9.97 Å². The summed E-state index contributed by atoms with van der Waals surface area (Å²) in [6, 6.07) is 3.54. The van der Waals surface area contributed by atoms with Gasteiger partial charge in [0.1, 0.15) is 18.0 Å². The molecule has 0 bridgehead atoms. The van der Waals surface area contributed by atoms with Crippen molar-refractivity contribution in [2.24, 2.45) is 0 Å². The Balaban J connectivity index is 1.86. The molecule has 0 aromatic carbocycles. The zero-order valence-electron chi connectivity index (χ0n) is 10.9. The second-order valence-electron chi connectivity index (χ2n) is 4.24. The number of hydrogen-bond donors (Lipinski definition) is 2. The number of aromatic nitrogens is 4. The van der Waals surface area contributed by atoms with Crippen LogP contribution in [0.15, 0.2) is 24.7 Å². The minimum absolute atomic E-state index is 0.0549. The van der Waals surface area contributed by atoms with Gasteiger partial charge >= 0.3 is 0 Å². The number of amides is 1. The Bertz CT molecular complexity index is 520. The number of nitrogens with one attached hydrogen (secondary N) is 2. The summed E-state index contributed by atoms with van der Waals surface area (Å²) in [7, 11) is 3.43. The topological polar surface area (TPSA) is 86.8 Å². The van der Waals surface area contributed by atoms with Gasteiger partial charge in [-0.15, -0.1) is 0 Å². The monoisotopic (exact) mass is 260 g/mol. The Kier molecular flexibility index (Phi) is 4.07. The molecule has 0 aliphatic carbocycles. The molecular formula is C12H16N6O. The smallest absolute Gasteiger partial charge is 0.254 e. The second kappa shape index (κ2) is 5.94. The standard InChI is InChI=1S/C12H16N6O/c1-18(2)12(19)9-3-4-10(14-7-9)13-6-5-11-15-8-16-17-11/h3-4,7-8H,5-6H2,1-2H3,(H,13,14)(H,15,16,17). The summed E-state index contributed by atoms with van der Waals surface area (Å²) in [6.07, 6.45) is 3.79. The zero-order chi connectivity index (χ0) is 13.7. The number of carbonyl (C=O) groups is 1. The molecule has 0 saturated heterocycles. The fourth-order valence-corrected chi connectivity index (χ4v) is 1.54. The van der Waals surface area contributed by atoms with Crippen LogP contribution in [-0.2, 0) is 6.42 Å². The van der Waals surface area contributed by atoms with Gasteiger partial charge in [0.25, 0.3) is 5.91 Å². The third-order valence-electron chi connectivity index (χ3n) is 2.55. The number of aromatic amines is 1. The van der Waals surface area contributed by atoms with E-state index in [-0.39, 0.29) is 5.91 Å². The van der Waals surface area contributed by atoms with Crippen molar-refractivity contribution in [1.82, 2.24) is 25.1 Å². The number of pyridine rings is 1. The molecule has 0 aliphatic rings. The number of nitrogens with zero attached hydrogens (tertiary/aromatic N) is 4. The molecule has 0 unspecified atom stereocenters. The van der Waals surface area contributed by atoms with Gasteiger partial charge in [-0.2, -0.15) is 5.10 Å². The molecule has 100 valence electrons. The van der Waals surface area contributed by atoms with E-state index in [1.54, 1.807) is 32.4 Å². The molecule has 0 saturated carbocycles. The van der Waals surface area contributed by atoms with E-state index in [2.05, 4.69) is 25.5 Å². The lowest BCUT2D eigenvalue weighted by atomic mass is 10.2. The number of carbonyl (C=O) groups excluding carboxylic acids is 1. The van der Waals surface area contributed by atoms with Crippen LogP contribution in [0.5, 0.6) is 0 Å². The highest BCUT2D eigenvalue weighted by Crippen LogP contribution is 2.06. The molecule has 2 aromatic rings. The van der Waals surface area contributed by atoms with Crippen molar-refractivity contribution in [3.63, 3.8) is 0 Å². The van der Waals surface area contributed by atoms with Gasteiger partial charge in [-0.1, -0.05) is 0 Å². The molecule has 19 heavy (non-hydrogen) atoms. The summed E-state index contributed by atoms with van der Waals surface area (Å²) in [5.41, 5.74) is 0.575. The first kappa shape index (κ1) is 13.0. The zero-order valence-corrected chi connectivity index (χ0v) is 10.9. The first-order valence-corrected chi connectivity index (χ1v) is 5.92. The first-order chi connectivity index (χ1) is 9.16. The molecule has 7 heteroatoms. The molecule has 7 nitrogen and oxygen atoms in total. The van der Waals surface area contributed by atoms with Gasteiger partial charge in [-0.05, 0) is 12.1 Å². The summed E-state index contributed by atoms with van der Waals surface area (Å²) in [5.74, 6) is 1.50. The van der Waals surface area contributed by atoms with Crippen LogP contribution in [0.2, 0.25) is 0 Å². The Morgan fingerprint density at radius 2 is 2.21 bits per heavy atom. The summed E-state index contributed by atoms with van der Waals surface area (Å²) in [5, 5.41) is 9.72. The molecule has 2 aromatic heterocycles. The van der Waals surface area contributed by atoms with Crippen LogP contribution in [0.3, 0.4) is 0 Å². The highest BCUT2D eigenvalue weighted by Gasteiger charge is 2.07. The van der Waals surface area contributed by atoms with Crippen molar-refractivity contribution in [1.29, 1.82) is 0 Å². The van der Waals surface area contributed by atoms with Crippen molar-refractivity contribution in [3.05, 3.63) is 36.0 Å². The van der Waals surface area contributed by atoms with Crippen molar-refractivity contribution >= 4 is 11.7 Å². The van der Waals surface area contributed by atoms with Crippen LogP contribution in [0.4, 0.5) is 5.82 Å². The third-order valence-corrected chi connectivity index (χ3v) is 2.55. The molecule has 2 N–H and O–H groups in total. The van der Waals surface area contributed by atoms with Gasteiger partial charge < -0.3 is 10.2 Å². The van der Waals surface area contributed by atoms with E-state index in [1.165, 1.54) is 11.2 Å². The molecule has 1 amide bonds. The first-order valence-electron chi connectivity index (χ1n) is 5.92. The number of H-pyrrole nitrogens is 1. The van der Waals surface area contributed by atoms with Crippen LogP contribution in [-0.4, -0.2) is 51.6 Å². The van der Waals surface area contributed by atoms with Gasteiger partial charge in [0.15, 0.2) is 0 Å². The van der Waals surface area contributed by atoms with E-state index in [9.17, 15) is 4.79 Å². The van der Waals surface area contributed by atoms with Crippen LogP contribution >= 0.6 is 0 Å². The van der Waals surface area contributed by atoms with Crippen molar-refractivity contribution in [3.8, 4) is 0 Å². The molecule has 2 heterocycles. The van der Waals surface area contributed by atoms with Crippen LogP contribution < -0.4 is 5.32 Å². The van der Waals surface area contributed by atoms with Crippen LogP contribution in [0.25, 0.3) is 0 Å². The molecule has 0 radical (unpaired) electrons. The number of rotatable bonds is 5. The van der Waals surface area contributed by atoms with Crippen molar-refractivity contribution < 1.29 is 4.79 Å². The predicted octanol–water partition coefficient (Wildman–Crippen LogP) is 0.556.